The van der Waals surface area contributed by atoms with Gasteiger partial charge in [-0.1, -0.05) is 47.8 Å². The topological polar surface area (TPSA) is 112 Å². The number of nitriles is 2. The van der Waals surface area contributed by atoms with Gasteiger partial charge in [0, 0.05) is 15.5 Å². The lowest BCUT2D eigenvalue weighted by Gasteiger charge is -2.13. The van der Waals surface area contributed by atoms with Crippen molar-refractivity contribution < 1.29 is 0 Å². The predicted molar refractivity (Wildman–Crippen MR) is 103 cm³/mol. The van der Waals surface area contributed by atoms with Crippen LogP contribution in [0, 0.1) is 22.7 Å². The molecular formula is C18H15N5S2. The van der Waals surface area contributed by atoms with Crippen LogP contribution in [-0.4, -0.2) is 0 Å². The second-order valence-corrected chi connectivity index (χ2v) is 7.43. The number of para-hydroxylation sites is 1. The predicted octanol–water partition coefficient (Wildman–Crippen LogP) is 3.89. The van der Waals surface area contributed by atoms with Crippen molar-refractivity contribution in [2.75, 3.05) is 5.32 Å². The van der Waals surface area contributed by atoms with Crippen molar-refractivity contribution in [3.63, 3.8) is 0 Å². The molecule has 0 atom stereocenters. The minimum absolute atomic E-state index is 0.162. The van der Waals surface area contributed by atoms with Gasteiger partial charge in [-0.25, -0.2) is 0 Å². The van der Waals surface area contributed by atoms with Crippen molar-refractivity contribution in [2.24, 2.45) is 11.5 Å². The van der Waals surface area contributed by atoms with Gasteiger partial charge >= 0.3 is 0 Å². The number of allylic oxidation sites excluding steroid dienone is 4. The third-order valence-electron chi connectivity index (χ3n) is 3.66. The van der Waals surface area contributed by atoms with E-state index in [0.29, 0.717) is 10.7 Å². The first-order valence-electron chi connectivity index (χ1n) is 7.56. The lowest BCUT2D eigenvalue weighted by Crippen LogP contribution is -2.07. The molecule has 1 aromatic carbocycles. The lowest BCUT2D eigenvalue weighted by molar-refractivity contribution is 1.00. The van der Waals surface area contributed by atoms with Crippen LogP contribution in [0.3, 0.4) is 0 Å². The van der Waals surface area contributed by atoms with Gasteiger partial charge in [-0.15, -0.1) is 0 Å². The Balaban J connectivity index is 1.95. The molecule has 0 saturated heterocycles. The summed E-state index contributed by atoms with van der Waals surface area (Å²) in [5, 5.41) is 23.3. The molecule has 3 rings (SSSR count). The highest BCUT2D eigenvalue weighted by atomic mass is 32.2. The molecule has 2 aliphatic rings. The fourth-order valence-corrected chi connectivity index (χ4v) is 4.32. The summed E-state index contributed by atoms with van der Waals surface area (Å²) < 4.78 is 0. The molecule has 0 unspecified atom stereocenters. The number of nitrogens with zero attached hydrogens (tertiary/aromatic N) is 2. The largest absolute Gasteiger partial charge is 0.398 e. The number of nitrogens with two attached hydrogens (primary N) is 2. The average molecular weight is 365 g/mol. The first kappa shape index (κ1) is 17.1. The summed E-state index contributed by atoms with van der Waals surface area (Å²) in [6.07, 6.45) is 5.73. The molecule has 1 aliphatic heterocycles. The molecule has 5 nitrogen and oxygen atoms in total. The first-order valence-corrected chi connectivity index (χ1v) is 9.20. The minimum atomic E-state index is 0.162. The number of nitrogens with one attached hydrogen (secondary N) is 1. The summed E-state index contributed by atoms with van der Waals surface area (Å²) in [4.78, 5) is 1.84. The van der Waals surface area contributed by atoms with Crippen LogP contribution in [0.25, 0.3) is 0 Å². The van der Waals surface area contributed by atoms with Gasteiger partial charge in [-0.2, -0.15) is 10.5 Å². The maximum Gasteiger partial charge on any atom is 0.103 e. The van der Waals surface area contributed by atoms with Crippen molar-refractivity contribution in [3.05, 3.63) is 68.2 Å². The van der Waals surface area contributed by atoms with Gasteiger partial charge in [0.2, 0.25) is 0 Å². The minimum Gasteiger partial charge on any atom is -0.398 e. The summed E-state index contributed by atoms with van der Waals surface area (Å²) in [6.45, 7) is 0. The van der Waals surface area contributed by atoms with E-state index in [1.807, 2.05) is 36.4 Å². The van der Waals surface area contributed by atoms with Gasteiger partial charge in [-0.05, 0) is 25.0 Å². The molecule has 1 aromatic rings. The molecule has 0 fully saturated rings. The summed E-state index contributed by atoms with van der Waals surface area (Å²) >= 11 is 2.65. The smallest absolute Gasteiger partial charge is 0.103 e. The van der Waals surface area contributed by atoms with Crippen molar-refractivity contribution in [1.82, 2.24) is 0 Å². The SMILES string of the molecule is N#CC(=C(/N)SC1=CCCC=C1N)/C(C#N)=C1\Nc2ccccc2S1. The highest BCUT2D eigenvalue weighted by molar-refractivity contribution is 8.07. The third-order valence-corrected chi connectivity index (χ3v) is 5.79. The maximum absolute atomic E-state index is 9.61. The highest BCUT2D eigenvalue weighted by Gasteiger charge is 2.23. The number of hydrogen-bond donors (Lipinski definition) is 3. The molecule has 0 spiro atoms. The number of thioether (sulfide) groups is 2. The Morgan fingerprint density at radius 1 is 1.16 bits per heavy atom. The van der Waals surface area contributed by atoms with Crippen LogP contribution in [0.5, 0.6) is 0 Å². The van der Waals surface area contributed by atoms with E-state index < -0.39 is 0 Å². The zero-order valence-electron chi connectivity index (χ0n) is 13.2. The van der Waals surface area contributed by atoms with Crippen LogP contribution in [0.1, 0.15) is 12.8 Å². The van der Waals surface area contributed by atoms with Gasteiger partial charge in [0.25, 0.3) is 0 Å². The fourth-order valence-electron chi connectivity index (χ4n) is 2.43. The van der Waals surface area contributed by atoms with Crippen molar-refractivity contribution >= 4 is 29.2 Å². The van der Waals surface area contributed by atoms with Crippen LogP contribution >= 0.6 is 23.5 Å². The zero-order valence-corrected chi connectivity index (χ0v) is 14.9. The Morgan fingerprint density at radius 2 is 1.92 bits per heavy atom. The second-order valence-electron chi connectivity index (χ2n) is 5.30. The monoisotopic (exact) mass is 365 g/mol. The molecule has 124 valence electrons. The van der Waals surface area contributed by atoms with Gasteiger partial charge in [-0.3, -0.25) is 0 Å². The number of rotatable bonds is 3. The summed E-state index contributed by atoms with van der Waals surface area (Å²) in [6, 6.07) is 11.9. The van der Waals surface area contributed by atoms with Gasteiger partial charge in [0.05, 0.1) is 15.7 Å². The molecule has 0 radical (unpaired) electrons. The van der Waals surface area contributed by atoms with Gasteiger partial charge in [0.15, 0.2) is 0 Å². The van der Waals surface area contributed by atoms with E-state index in [1.54, 1.807) is 0 Å². The standard InChI is InChI=1S/C18H15N5S2/c19-9-11(17(22)24-15-7-3-1-5-13(15)21)12(10-20)18-23-14-6-2-4-8-16(14)25-18/h2,4-8,23H,1,3,21-22H2/b17-11+,18-12+. The van der Waals surface area contributed by atoms with Crippen LogP contribution in [0.2, 0.25) is 0 Å². The molecule has 25 heavy (non-hydrogen) atoms. The van der Waals surface area contributed by atoms with Crippen LogP contribution < -0.4 is 16.8 Å². The number of fused-ring (bicyclic) bond motifs is 1. The van der Waals surface area contributed by atoms with E-state index in [4.69, 9.17) is 11.5 Å². The highest BCUT2D eigenvalue weighted by Crippen LogP contribution is 2.43. The maximum atomic E-state index is 9.61. The van der Waals surface area contributed by atoms with E-state index in [1.165, 1.54) is 23.5 Å². The summed E-state index contributed by atoms with van der Waals surface area (Å²) in [5.41, 5.74) is 14.1. The fraction of sp³-hybridized carbons (Fsp3) is 0.111. The number of benzene rings is 1. The van der Waals surface area contributed by atoms with Crippen LogP contribution in [0.15, 0.2) is 73.1 Å². The molecule has 7 heteroatoms. The Hall–Kier alpha value is -2.74. The zero-order chi connectivity index (χ0) is 17.8. The van der Waals surface area contributed by atoms with E-state index in [2.05, 4.69) is 17.5 Å². The molecular weight excluding hydrogens is 350 g/mol. The van der Waals surface area contributed by atoms with E-state index in [9.17, 15) is 10.5 Å². The molecule has 0 bridgehead atoms. The number of hydrogen-bond acceptors (Lipinski definition) is 7. The lowest BCUT2D eigenvalue weighted by atomic mass is 10.1. The summed E-state index contributed by atoms with van der Waals surface area (Å²) in [7, 11) is 0. The Kier molecular flexibility index (Phi) is 5.08. The molecule has 0 saturated carbocycles. The van der Waals surface area contributed by atoms with Crippen LogP contribution in [0.4, 0.5) is 5.69 Å². The van der Waals surface area contributed by atoms with E-state index >= 15 is 0 Å². The normalized spacial score (nSPS) is 18.6. The first-order chi connectivity index (χ1) is 12.1. The van der Waals surface area contributed by atoms with Crippen molar-refractivity contribution in [3.8, 4) is 12.1 Å². The molecule has 1 aliphatic carbocycles. The van der Waals surface area contributed by atoms with Gasteiger partial charge in [0.1, 0.15) is 23.3 Å². The van der Waals surface area contributed by atoms with Gasteiger partial charge < -0.3 is 16.8 Å². The molecule has 1 heterocycles. The average Bonchev–Trinajstić information content (AvgIpc) is 3.05. The molecule has 5 N–H and O–H groups in total. The summed E-state index contributed by atoms with van der Waals surface area (Å²) in [5.74, 6) is 0. The molecule has 0 amide bonds. The van der Waals surface area contributed by atoms with Crippen LogP contribution in [-0.2, 0) is 0 Å². The van der Waals surface area contributed by atoms with Crippen molar-refractivity contribution in [2.45, 2.75) is 17.7 Å². The number of anilines is 1. The Bertz CT molecular complexity index is 899. The Morgan fingerprint density at radius 3 is 2.60 bits per heavy atom. The van der Waals surface area contributed by atoms with E-state index in [-0.39, 0.29) is 16.2 Å². The van der Waals surface area contributed by atoms with Crippen molar-refractivity contribution in [1.29, 1.82) is 10.5 Å². The second kappa shape index (κ2) is 7.43. The quantitative estimate of drug-likeness (QED) is 0.697. The van der Waals surface area contributed by atoms with E-state index in [0.717, 1.165) is 28.3 Å². The molecule has 0 aromatic heterocycles. The third kappa shape index (κ3) is 3.53. The Labute approximate surface area is 154 Å².